The van der Waals surface area contributed by atoms with E-state index in [1.165, 1.54) is 6.08 Å². The van der Waals surface area contributed by atoms with E-state index in [9.17, 15) is 14.7 Å². The molecule has 2 aromatic rings. The van der Waals surface area contributed by atoms with Gasteiger partial charge < -0.3 is 14.8 Å². The number of carbonyl (C=O) groups is 2. The van der Waals surface area contributed by atoms with E-state index in [-0.39, 0.29) is 5.70 Å². The van der Waals surface area contributed by atoms with Gasteiger partial charge in [0.25, 0.3) is 0 Å². The van der Waals surface area contributed by atoms with Gasteiger partial charge in [0.05, 0.1) is 0 Å². The molecule has 1 aromatic carbocycles. The Kier molecular flexibility index (Phi) is 4.21. The fraction of sp³-hybridized carbons (Fsp3) is 0.250. The van der Waals surface area contributed by atoms with Crippen molar-refractivity contribution in [3.63, 3.8) is 0 Å². The Morgan fingerprint density at radius 2 is 1.95 bits per heavy atom. The van der Waals surface area contributed by atoms with Gasteiger partial charge in [0.1, 0.15) is 11.3 Å². The van der Waals surface area contributed by atoms with Crippen molar-refractivity contribution >= 4 is 29.0 Å². The second kappa shape index (κ2) is 5.93. The highest BCUT2D eigenvalue weighted by Crippen LogP contribution is 2.20. The first kappa shape index (κ1) is 15.6. The van der Waals surface area contributed by atoms with Crippen LogP contribution < -0.4 is 5.32 Å². The van der Waals surface area contributed by atoms with Crippen LogP contribution in [-0.2, 0) is 9.53 Å². The van der Waals surface area contributed by atoms with Gasteiger partial charge in [-0.1, -0.05) is 18.2 Å². The number of rotatable bonds is 3. The Bertz CT molecular complexity index is 738. The summed E-state index contributed by atoms with van der Waals surface area (Å²) >= 11 is 0. The highest BCUT2D eigenvalue weighted by atomic mass is 16.6. The van der Waals surface area contributed by atoms with E-state index in [1.807, 2.05) is 24.3 Å². The quantitative estimate of drug-likeness (QED) is 0.760. The molecule has 0 spiro atoms. The van der Waals surface area contributed by atoms with Crippen LogP contribution in [0.25, 0.3) is 17.0 Å². The maximum atomic E-state index is 11.7. The van der Waals surface area contributed by atoms with E-state index in [0.29, 0.717) is 5.56 Å². The van der Waals surface area contributed by atoms with Gasteiger partial charge in [-0.15, -0.1) is 0 Å². The van der Waals surface area contributed by atoms with E-state index >= 15 is 0 Å². The maximum absolute atomic E-state index is 11.7. The average molecular weight is 302 g/mol. The Morgan fingerprint density at radius 3 is 2.59 bits per heavy atom. The van der Waals surface area contributed by atoms with Crippen LogP contribution in [0.1, 0.15) is 26.3 Å². The van der Waals surface area contributed by atoms with Crippen molar-refractivity contribution in [2.75, 3.05) is 0 Å². The molecule has 1 aromatic heterocycles. The van der Waals surface area contributed by atoms with Gasteiger partial charge in [-0.3, -0.25) is 5.32 Å². The predicted molar refractivity (Wildman–Crippen MR) is 83.3 cm³/mol. The number of hydrogen-bond donors (Lipinski definition) is 3. The van der Waals surface area contributed by atoms with Gasteiger partial charge in [-0.25, -0.2) is 9.59 Å². The second-order valence-electron chi connectivity index (χ2n) is 5.78. The number of carboxylic acids is 1. The zero-order valence-corrected chi connectivity index (χ0v) is 12.6. The van der Waals surface area contributed by atoms with E-state index in [0.717, 1.165) is 10.9 Å². The summed E-state index contributed by atoms with van der Waals surface area (Å²) in [6.45, 7) is 5.11. The summed E-state index contributed by atoms with van der Waals surface area (Å²) in [6, 6.07) is 7.48. The largest absolute Gasteiger partial charge is 0.477 e. The zero-order valence-electron chi connectivity index (χ0n) is 12.6. The molecule has 22 heavy (non-hydrogen) atoms. The van der Waals surface area contributed by atoms with E-state index < -0.39 is 17.7 Å². The lowest BCUT2D eigenvalue weighted by Gasteiger charge is -2.19. The summed E-state index contributed by atoms with van der Waals surface area (Å²) in [5.74, 6) is -1.24. The van der Waals surface area contributed by atoms with E-state index in [2.05, 4.69) is 10.3 Å². The summed E-state index contributed by atoms with van der Waals surface area (Å²) < 4.78 is 5.06. The van der Waals surface area contributed by atoms with Crippen molar-refractivity contribution in [3.8, 4) is 0 Å². The Labute approximate surface area is 127 Å². The van der Waals surface area contributed by atoms with Gasteiger partial charge in [0.15, 0.2) is 0 Å². The molecule has 6 heteroatoms. The van der Waals surface area contributed by atoms with Gasteiger partial charge in [0.2, 0.25) is 0 Å². The van der Waals surface area contributed by atoms with Crippen LogP contribution in [0.4, 0.5) is 4.79 Å². The number of H-pyrrole nitrogens is 1. The zero-order chi connectivity index (χ0) is 16.3. The third-order valence-corrected chi connectivity index (χ3v) is 2.79. The molecule has 0 aliphatic carbocycles. The topological polar surface area (TPSA) is 91.4 Å². The lowest BCUT2D eigenvalue weighted by molar-refractivity contribution is -0.133. The molecule has 0 radical (unpaired) electrons. The normalized spacial score (nSPS) is 12.2. The lowest BCUT2D eigenvalue weighted by Crippen LogP contribution is -2.34. The van der Waals surface area contributed by atoms with E-state index in [1.54, 1.807) is 27.0 Å². The number of benzene rings is 1. The number of para-hydroxylation sites is 1. The minimum Gasteiger partial charge on any atom is -0.477 e. The van der Waals surface area contributed by atoms with Gasteiger partial charge >= 0.3 is 12.1 Å². The summed E-state index contributed by atoms with van der Waals surface area (Å²) in [7, 11) is 0. The number of aromatic nitrogens is 1. The summed E-state index contributed by atoms with van der Waals surface area (Å²) in [4.78, 5) is 26.1. The van der Waals surface area contributed by atoms with Crippen LogP contribution in [0, 0.1) is 0 Å². The van der Waals surface area contributed by atoms with Crippen LogP contribution in [0.3, 0.4) is 0 Å². The number of carboxylic acid groups (broad SMARTS) is 1. The smallest absolute Gasteiger partial charge is 0.412 e. The average Bonchev–Trinajstić information content (AvgIpc) is 2.79. The highest BCUT2D eigenvalue weighted by molar-refractivity contribution is 5.99. The number of ether oxygens (including phenoxy) is 1. The number of aliphatic carboxylic acids is 1. The fourth-order valence-electron chi connectivity index (χ4n) is 1.93. The summed E-state index contributed by atoms with van der Waals surface area (Å²) in [5, 5.41) is 12.4. The molecular weight excluding hydrogens is 284 g/mol. The fourth-order valence-corrected chi connectivity index (χ4v) is 1.93. The Hall–Kier alpha value is -2.76. The van der Waals surface area contributed by atoms with Crippen LogP contribution >= 0.6 is 0 Å². The first-order valence-electron chi connectivity index (χ1n) is 6.77. The van der Waals surface area contributed by atoms with Crippen LogP contribution in [0.5, 0.6) is 0 Å². The molecule has 0 unspecified atom stereocenters. The molecule has 116 valence electrons. The minimum atomic E-state index is -1.24. The molecule has 0 aliphatic heterocycles. The van der Waals surface area contributed by atoms with Crippen molar-refractivity contribution in [1.82, 2.24) is 10.3 Å². The van der Waals surface area contributed by atoms with E-state index in [4.69, 9.17) is 4.74 Å². The second-order valence-corrected chi connectivity index (χ2v) is 5.78. The van der Waals surface area contributed by atoms with Crippen LogP contribution in [0.15, 0.2) is 36.2 Å². The molecule has 0 bridgehead atoms. The van der Waals surface area contributed by atoms with Crippen molar-refractivity contribution in [2.45, 2.75) is 26.4 Å². The first-order chi connectivity index (χ1) is 10.3. The molecule has 0 atom stereocenters. The van der Waals surface area contributed by atoms with Crippen LogP contribution in [-0.4, -0.2) is 27.8 Å². The Morgan fingerprint density at radius 1 is 1.27 bits per heavy atom. The number of carbonyl (C=O) groups excluding carboxylic acids is 1. The third kappa shape index (κ3) is 3.88. The number of nitrogens with one attached hydrogen (secondary N) is 2. The monoisotopic (exact) mass is 302 g/mol. The van der Waals surface area contributed by atoms with Gasteiger partial charge in [-0.05, 0) is 32.9 Å². The van der Waals surface area contributed by atoms with Crippen molar-refractivity contribution in [2.24, 2.45) is 0 Å². The lowest BCUT2D eigenvalue weighted by atomic mass is 10.1. The number of hydrogen-bond acceptors (Lipinski definition) is 3. The molecule has 0 saturated carbocycles. The van der Waals surface area contributed by atoms with Crippen molar-refractivity contribution < 1.29 is 19.4 Å². The molecular formula is C16H18N2O4. The molecule has 2 rings (SSSR count). The standard InChI is InChI=1S/C16H18N2O4/c1-16(2,3)22-15(21)18-13(14(19)20)8-10-9-17-12-7-5-4-6-11(10)12/h4-9,17H,1-3H3,(H,18,21)(H,19,20)/b13-8+. The highest BCUT2D eigenvalue weighted by Gasteiger charge is 2.19. The molecule has 3 N–H and O–H groups in total. The summed E-state index contributed by atoms with van der Waals surface area (Å²) in [5.41, 5.74) is 0.605. The number of alkyl carbamates (subject to hydrolysis) is 1. The molecule has 0 saturated heterocycles. The Balaban J connectivity index is 2.28. The molecule has 0 fully saturated rings. The van der Waals surface area contributed by atoms with Gasteiger partial charge in [0, 0.05) is 22.7 Å². The molecule has 6 nitrogen and oxygen atoms in total. The van der Waals surface area contributed by atoms with Crippen molar-refractivity contribution in [3.05, 3.63) is 41.7 Å². The molecule has 1 amide bonds. The van der Waals surface area contributed by atoms with Crippen LogP contribution in [0.2, 0.25) is 0 Å². The van der Waals surface area contributed by atoms with Gasteiger partial charge in [-0.2, -0.15) is 0 Å². The summed E-state index contributed by atoms with van der Waals surface area (Å²) in [6.07, 6.45) is 2.27. The SMILES string of the molecule is CC(C)(C)OC(=O)N/C(=C/c1c[nH]c2ccccc12)C(=O)O. The maximum Gasteiger partial charge on any atom is 0.412 e. The third-order valence-electron chi connectivity index (χ3n) is 2.79. The molecule has 0 aliphatic rings. The minimum absolute atomic E-state index is 0.251. The number of amides is 1. The molecule has 1 heterocycles. The predicted octanol–water partition coefficient (Wildman–Crippen LogP) is 3.12. The van der Waals surface area contributed by atoms with Crippen molar-refractivity contribution in [1.29, 1.82) is 0 Å². The first-order valence-corrected chi connectivity index (χ1v) is 6.77. The number of aromatic amines is 1. The number of fused-ring (bicyclic) bond motifs is 1.